The lowest BCUT2D eigenvalue weighted by atomic mass is 9.92. The van der Waals surface area contributed by atoms with Crippen LogP contribution in [0.2, 0.25) is 0 Å². The van der Waals surface area contributed by atoms with Gasteiger partial charge in [0.1, 0.15) is 22.8 Å². The number of nitrogens with one attached hydrogen (secondary N) is 2. The first-order valence-electron chi connectivity index (χ1n) is 11.1. The molecule has 2 fully saturated rings. The number of carbonyl (C=O) groups excluding carboxylic acids is 3. The minimum absolute atomic E-state index is 0.0132. The SMILES string of the molecule is C=CCC(=C1CCNC1=O)C1=C(C(=O)O)N2C(=O)[C@@H](NC(=O)C(=NOCC(=O)O)c3csc(N)n3)[C@H]2SC1. The summed E-state index contributed by atoms with van der Waals surface area (Å²) in [5.41, 5.74) is 6.32. The second kappa shape index (κ2) is 11.1. The molecule has 200 valence electrons. The molecule has 3 aliphatic rings. The number of β-lactam (4-membered cyclic amide) rings is 1. The van der Waals surface area contributed by atoms with Crippen molar-refractivity contribution in [2.75, 3.05) is 24.6 Å². The van der Waals surface area contributed by atoms with Gasteiger partial charge in [-0.2, -0.15) is 0 Å². The average Bonchev–Trinajstić information content (AvgIpc) is 3.50. The molecule has 4 rings (SSSR count). The van der Waals surface area contributed by atoms with Crippen LogP contribution in [0.5, 0.6) is 0 Å². The first-order chi connectivity index (χ1) is 18.1. The van der Waals surface area contributed by atoms with Crippen LogP contribution in [0.25, 0.3) is 0 Å². The third kappa shape index (κ3) is 5.12. The van der Waals surface area contributed by atoms with Crippen molar-refractivity contribution in [1.29, 1.82) is 0 Å². The predicted octanol–water partition coefficient (Wildman–Crippen LogP) is -0.338. The van der Waals surface area contributed by atoms with Gasteiger partial charge in [0.25, 0.3) is 11.8 Å². The number of allylic oxidation sites excluding steroid dienone is 2. The molecular weight excluding hydrogens is 540 g/mol. The van der Waals surface area contributed by atoms with Crippen LogP contribution < -0.4 is 16.4 Å². The maximum atomic E-state index is 13.1. The van der Waals surface area contributed by atoms with Crippen molar-refractivity contribution in [1.82, 2.24) is 20.5 Å². The van der Waals surface area contributed by atoms with Gasteiger partial charge in [-0.25, -0.2) is 14.6 Å². The number of nitrogen functional groups attached to an aromatic ring is 1. The zero-order valence-electron chi connectivity index (χ0n) is 19.6. The number of carbonyl (C=O) groups is 5. The Morgan fingerprint density at radius 3 is 2.71 bits per heavy atom. The monoisotopic (exact) mass is 562 g/mol. The lowest BCUT2D eigenvalue weighted by molar-refractivity contribution is -0.150. The number of thiazole rings is 1. The second-order valence-electron chi connectivity index (χ2n) is 8.13. The fourth-order valence-corrected chi connectivity index (χ4v) is 6.13. The number of carboxylic acid groups (broad SMARTS) is 2. The largest absolute Gasteiger partial charge is 0.479 e. The van der Waals surface area contributed by atoms with Gasteiger partial charge >= 0.3 is 11.9 Å². The number of hydrogen-bond donors (Lipinski definition) is 5. The number of oxime groups is 1. The van der Waals surface area contributed by atoms with Crippen molar-refractivity contribution in [3.05, 3.63) is 46.1 Å². The number of aliphatic carboxylic acids is 2. The topological polar surface area (TPSA) is 214 Å². The number of carboxylic acids is 2. The van der Waals surface area contributed by atoms with Crippen molar-refractivity contribution in [2.45, 2.75) is 24.3 Å². The Balaban J connectivity index is 1.60. The Labute approximate surface area is 223 Å². The highest BCUT2D eigenvalue weighted by molar-refractivity contribution is 8.00. The third-order valence-corrected chi connectivity index (χ3v) is 7.75. The molecule has 4 heterocycles. The quantitative estimate of drug-likeness (QED) is 0.0818. The number of hydrogen-bond acceptors (Lipinski definition) is 11. The van der Waals surface area contributed by atoms with Gasteiger partial charge in [0, 0.05) is 23.3 Å². The Morgan fingerprint density at radius 2 is 2.13 bits per heavy atom. The van der Waals surface area contributed by atoms with Crippen LogP contribution in [0.15, 0.2) is 45.6 Å². The molecule has 2 saturated heterocycles. The van der Waals surface area contributed by atoms with Gasteiger partial charge in [0.05, 0.1) is 0 Å². The molecular formula is C22H22N6O8S2. The molecule has 38 heavy (non-hydrogen) atoms. The smallest absolute Gasteiger partial charge is 0.352 e. The molecule has 0 spiro atoms. The highest BCUT2D eigenvalue weighted by atomic mass is 32.2. The molecule has 0 radical (unpaired) electrons. The van der Waals surface area contributed by atoms with E-state index in [1.165, 1.54) is 17.1 Å². The summed E-state index contributed by atoms with van der Waals surface area (Å²) in [5.74, 6) is -4.33. The molecule has 14 nitrogen and oxygen atoms in total. The second-order valence-corrected chi connectivity index (χ2v) is 10.1. The number of nitrogens with two attached hydrogens (primary N) is 1. The average molecular weight is 563 g/mol. The van der Waals surface area contributed by atoms with E-state index in [0.717, 1.165) is 16.2 Å². The van der Waals surface area contributed by atoms with Crippen LogP contribution >= 0.6 is 23.1 Å². The minimum atomic E-state index is -1.34. The molecule has 3 aliphatic heterocycles. The summed E-state index contributed by atoms with van der Waals surface area (Å²) in [6.07, 6.45) is 2.23. The summed E-state index contributed by atoms with van der Waals surface area (Å²) in [7, 11) is 0. The lowest BCUT2D eigenvalue weighted by Crippen LogP contribution is -2.71. The highest BCUT2D eigenvalue weighted by Gasteiger charge is 2.55. The van der Waals surface area contributed by atoms with Crippen molar-refractivity contribution in [3.63, 3.8) is 0 Å². The maximum absolute atomic E-state index is 13.1. The molecule has 6 N–H and O–H groups in total. The Bertz CT molecular complexity index is 1330. The third-order valence-electron chi connectivity index (χ3n) is 5.79. The normalized spacial score (nSPS) is 22.3. The maximum Gasteiger partial charge on any atom is 0.352 e. The van der Waals surface area contributed by atoms with Crippen molar-refractivity contribution < 1.29 is 39.0 Å². The lowest BCUT2D eigenvalue weighted by Gasteiger charge is -2.49. The Kier molecular flexibility index (Phi) is 7.82. The van der Waals surface area contributed by atoms with Crippen molar-refractivity contribution in [2.24, 2.45) is 5.16 Å². The first kappa shape index (κ1) is 26.9. The van der Waals surface area contributed by atoms with Crippen LogP contribution in [0.1, 0.15) is 18.5 Å². The van der Waals surface area contributed by atoms with Gasteiger partial charge in [-0.05, 0) is 24.0 Å². The summed E-state index contributed by atoms with van der Waals surface area (Å²) in [4.78, 5) is 71.3. The molecule has 0 bridgehead atoms. The number of fused-ring (bicyclic) bond motifs is 1. The molecule has 0 aromatic carbocycles. The van der Waals surface area contributed by atoms with E-state index in [-0.39, 0.29) is 34.6 Å². The van der Waals surface area contributed by atoms with Gasteiger partial charge in [-0.1, -0.05) is 11.2 Å². The zero-order chi connectivity index (χ0) is 27.6. The summed E-state index contributed by atoms with van der Waals surface area (Å²) >= 11 is 2.24. The van der Waals surface area contributed by atoms with Crippen LogP contribution in [0, 0.1) is 0 Å². The van der Waals surface area contributed by atoms with E-state index >= 15 is 0 Å². The standard InChI is InChI=1S/C22H22N6O8S2/c1-2-3-9(10-4-5-24-17(10)31)11-7-37-20-15(19(33)28(20)16(11)21(34)35)26-18(32)14(27-36-6-13(29)30)12-8-38-22(23)25-12/h2,8,15,20H,1,3-7H2,(H2,23,25)(H,24,31)(H,26,32)(H,29,30)(H,34,35)/t15-,20-/m1/s1. The number of anilines is 1. The highest BCUT2D eigenvalue weighted by Crippen LogP contribution is 2.43. The molecule has 3 amide bonds. The van der Waals surface area contributed by atoms with Crippen molar-refractivity contribution >= 4 is 63.6 Å². The summed E-state index contributed by atoms with van der Waals surface area (Å²) in [6, 6.07) is -1.10. The van der Waals surface area contributed by atoms with Gasteiger partial charge in [-0.15, -0.1) is 29.7 Å². The molecule has 0 saturated carbocycles. The number of amides is 3. The summed E-state index contributed by atoms with van der Waals surface area (Å²) < 4.78 is 0. The fraction of sp³-hybridized carbons (Fsp3) is 0.318. The molecule has 1 aromatic heterocycles. The zero-order valence-corrected chi connectivity index (χ0v) is 21.3. The van der Waals surface area contributed by atoms with Gasteiger partial charge in [0.15, 0.2) is 10.8 Å². The number of nitrogens with zero attached hydrogens (tertiary/aromatic N) is 3. The fourth-order valence-electron chi connectivity index (χ4n) is 4.19. The Morgan fingerprint density at radius 1 is 1.37 bits per heavy atom. The molecule has 0 aliphatic carbocycles. The van der Waals surface area contributed by atoms with Crippen LogP contribution in [-0.2, 0) is 28.8 Å². The van der Waals surface area contributed by atoms with Gasteiger partial charge in [-0.3, -0.25) is 19.3 Å². The molecule has 2 atom stereocenters. The number of aromatic nitrogens is 1. The molecule has 16 heteroatoms. The molecule has 1 aromatic rings. The number of thioether (sulfide) groups is 1. The van der Waals surface area contributed by atoms with E-state index in [1.54, 1.807) is 6.08 Å². The van der Waals surface area contributed by atoms with E-state index in [2.05, 4.69) is 27.4 Å². The van der Waals surface area contributed by atoms with E-state index in [1.807, 2.05) is 0 Å². The minimum Gasteiger partial charge on any atom is -0.479 e. The van der Waals surface area contributed by atoms with Crippen LogP contribution in [0.4, 0.5) is 5.13 Å². The van der Waals surface area contributed by atoms with Crippen LogP contribution in [0.3, 0.4) is 0 Å². The summed E-state index contributed by atoms with van der Waals surface area (Å²) in [5, 5.41) is 28.4. The van der Waals surface area contributed by atoms with E-state index in [9.17, 15) is 29.1 Å². The number of rotatable bonds is 10. The van der Waals surface area contributed by atoms with Gasteiger partial charge in [0.2, 0.25) is 12.5 Å². The van der Waals surface area contributed by atoms with Gasteiger partial charge < -0.3 is 31.4 Å². The first-order valence-corrected chi connectivity index (χ1v) is 13.0. The Hall–Kier alpha value is -4.18. The van der Waals surface area contributed by atoms with Crippen molar-refractivity contribution in [3.8, 4) is 0 Å². The van der Waals surface area contributed by atoms with E-state index in [4.69, 9.17) is 15.7 Å². The van der Waals surface area contributed by atoms with E-state index < -0.39 is 47.5 Å². The van der Waals surface area contributed by atoms with Crippen LogP contribution in [-0.4, -0.2) is 85.8 Å². The van der Waals surface area contributed by atoms with E-state index in [0.29, 0.717) is 29.7 Å². The molecule has 0 unspecified atom stereocenters. The predicted molar refractivity (Wildman–Crippen MR) is 136 cm³/mol. The summed E-state index contributed by atoms with van der Waals surface area (Å²) in [6.45, 7) is 3.32.